The Morgan fingerprint density at radius 2 is 2.11 bits per heavy atom. The lowest BCUT2D eigenvalue weighted by atomic mass is 9.97. The van der Waals surface area contributed by atoms with Crippen LogP contribution in [0.5, 0.6) is 0 Å². The van der Waals surface area contributed by atoms with Crippen LogP contribution in [-0.2, 0) is 6.42 Å². The molecule has 0 saturated heterocycles. The molecule has 0 atom stereocenters. The summed E-state index contributed by atoms with van der Waals surface area (Å²) in [6.45, 7) is 5.47. The van der Waals surface area contributed by atoms with Gasteiger partial charge in [-0.3, -0.25) is 20.3 Å². The molecule has 0 aliphatic heterocycles. The number of hydrogen-bond donors (Lipinski definition) is 4. The summed E-state index contributed by atoms with van der Waals surface area (Å²) in [5.41, 5.74) is 6.60. The average Bonchev–Trinajstić information content (AvgIpc) is 2.59. The van der Waals surface area contributed by atoms with Crippen LogP contribution in [0.25, 0.3) is 0 Å². The van der Waals surface area contributed by atoms with E-state index in [0.29, 0.717) is 29.2 Å². The van der Waals surface area contributed by atoms with Crippen LogP contribution in [0.2, 0.25) is 0 Å². The van der Waals surface area contributed by atoms with Gasteiger partial charge in [-0.15, -0.1) is 0 Å². The number of Topliss-reactive ketones (excluding diaryl/α,β-unsaturated/α-hetero) is 1. The molecule has 1 aromatic rings. The third-order valence-electron chi connectivity index (χ3n) is 2.45. The number of H-pyrrole nitrogens is 1. The van der Waals surface area contributed by atoms with Crippen LogP contribution in [0.1, 0.15) is 47.2 Å². The molecule has 6 nitrogen and oxygen atoms in total. The predicted molar refractivity (Wildman–Crippen MR) is 68.7 cm³/mol. The molecule has 1 rings (SSSR count). The highest BCUT2D eigenvalue weighted by Gasteiger charge is 2.20. The number of nitrogens with two attached hydrogens (primary N) is 1. The van der Waals surface area contributed by atoms with Gasteiger partial charge in [0.05, 0.1) is 0 Å². The Labute approximate surface area is 105 Å². The molecule has 5 N–H and O–H groups in total. The quantitative estimate of drug-likeness (QED) is 0.364. The zero-order valence-corrected chi connectivity index (χ0v) is 10.8. The van der Waals surface area contributed by atoms with Crippen molar-refractivity contribution in [1.82, 2.24) is 10.3 Å². The first kappa shape index (κ1) is 14.0. The molecule has 0 spiro atoms. The van der Waals surface area contributed by atoms with Crippen molar-refractivity contribution >= 4 is 17.6 Å². The summed E-state index contributed by atoms with van der Waals surface area (Å²) in [6.07, 6.45) is 2.13. The van der Waals surface area contributed by atoms with E-state index in [9.17, 15) is 9.59 Å². The summed E-state index contributed by atoms with van der Waals surface area (Å²) in [6, 6.07) is 0. The van der Waals surface area contributed by atoms with Gasteiger partial charge in [-0.2, -0.15) is 0 Å². The molecule has 1 amide bonds. The van der Waals surface area contributed by atoms with E-state index in [1.807, 2.05) is 13.8 Å². The van der Waals surface area contributed by atoms with Crippen molar-refractivity contribution in [3.05, 3.63) is 23.0 Å². The third kappa shape index (κ3) is 3.19. The number of carbonyl (C=O) groups is 2. The molecule has 18 heavy (non-hydrogen) atoms. The summed E-state index contributed by atoms with van der Waals surface area (Å²) < 4.78 is 0. The monoisotopic (exact) mass is 250 g/mol. The largest absolute Gasteiger partial charge is 0.370 e. The van der Waals surface area contributed by atoms with E-state index in [0.717, 1.165) is 0 Å². The lowest BCUT2D eigenvalue weighted by Crippen LogP contribution is -2.36. The maximum Gasteiger partial charge on any atom is 0.274 e. The van der Waals surface area contributed by atoms with Crippen LogP contribution in [0.15, 0.2) is 6.20 Å². The molecule has 0 radical (unpaired) electrons. The number of carbonyl (C=O) groups excluding carboxylic acids is 2. The molecule has 0 aromatic carbocycles. The lowest BCUT2D eigenvalue weighted by Gasteiger charge is -2.08. The SMILES string of the molecule is CC(=O)c1c[nH]c(C(=O)NC(=N)N)c1CC(C)C. The highest BCUT2D eigenvalue weighted by Crippen LogP contribution is 2.19. The van der Waals surface area contributed by atoms with Gasteiger partial charge >= 0.3 is 0 Å². The maximum atomic E-state index is 11.8. The van der Waals surface area contributed by atoms with E-state index in [4.69, 9.17) is 11.1 Å². The van der Waals surface area contributed by atoms with Crippen LogP contribution in [0, 0.1) is 11.3 Å². The Balaban J connectivity index is 3.15. The van der Waals surface area contributed by atoms with Gasteiger partial charge in [-0.1, -0.05) is 13.8 Å². The lowest BCUT2D eigenvalue weighted by molar-refractivity contribution is 0.0971. The van der Waals surface area contributed by atoms with E-state index in [1.54, 1.807) is 0 Å². The Morgan fingerprint density at radius 3 is 2.56 bits per heavy atom. The van der Waals surface area contributed by atoms with Gasteiger partial charge in [0, 0.05) is 11.8 Å². The molecule has 6 heteroatoms. The fourth-order valence-corrected chi connectivity index (χ4v) is 1.78. The predicted octanol–water partition coefficient (Wildman–Crippen LogP) is 1.04. The zero-order valence-electron chi connectivity index (χ0n) is 10.8. The molecule has 0 bridgehead atoms. The standard InChI is InChI=1S/C12H18N4O2/c1-6(2)4-8-9(7(3)17)5-15-10(8)11(18)16-12(13)14/h5-6,15H,4H2,1-3H3,(H4,13,14,16,18). The molecule has 0 saturated carbocycles. The molecule has 0 aliphatic rings. The maximum absolute atomic E-state index is 11.8. The van der Waals surface area contributed by atoms with Crippen LogP contribution in [0.4, 0.5) is 0 Å². The average molecular weight is 250 g/mol. The fraction of sp³-hybridized carbons (Fsp3) is 0.417. The smallest absolute Gasteiger partial charge is 0.274 e. The molecule has 0 fully saturated rings. The Morgan fingerprint density at radius 1 is 1.50 bits per heavy atom. The van der Waals surface area contributed by atoms with Crippen LogP contribution >= 0.6 is 0 Å². The molecule has 1 heterocycles. The van der Waals surface area contributed by atoms with Crippen molar-refractivity contribution in [2.45, 2.75) is 27.2 Å². The number of ketones is 1. The minimum absolute atomic E-state index is 0.0937. The van der Waals surface area contributed by atoms with Crippen molar-refractivity contribution in [3.8, 4) is 0 Å². The summed E-state index contributed by atoms with van der Waals surface area (Å²) >= 11 is 0. The number of rotatable bonds is 4. The number of hydrogen-bond acceptors (Lipinski definition) is 3. The van der Waals surface area contributed by atoms with Gasteiger partial charge < -0.3 is 10.7 Å². The molecular formula is C12H18N4O2. The number of aromatic nitrogens is 1. The summed E-state index contributed by atoms with van der Waals surface area (Å²) in [5.74, 6) is -0.702. The molecule has 0 aliphatic carbocycles. The minimum Gasteiger partial charge on any atom is -0.370 e. The first-order valence-corrected chi connectivity index (χ1v) is 5.69. The van der Waals surface area contributed by atoms with Gasteiger partial charge in [-0.25, -0.2) is 0 Å². The van der Waals surface area contributed by atoms with Gasteiger partial charge in [-0.05, 0) is 24.8 Å². The van der Waals surface area contributed by atoms with Crippen molar-refractivity contribution < 1.29 is 9.59 Å². The highest BCUT2D eigenvalue weighted by molar-refractivity contribution is 6.06. The Kier molecular flexibility index (Phi) is 4.25. The molecular weight excluding hydrogens is 232 g/mol. The topological polar surface area (TPSA) is 112 Å². The van der Waals surface area contributed by atoms with E-state index in [-0.39, 0.29) is 5.78 Å². The molecule has 0 unspecified atom stereocenters. The second kappa shape index (κ2) is 5.48. The number of nitrogens with one attached hydrogen (secondary N) is 3. The van der Waals surface area contributed by atoms with E-state index >= 15 is 0 Å². The molecule has 98 valence electrons. The fourth-order valence-electron chi connectivity index (χ4n) is 1.78. The van der Waals surface area contributed by atoms with Crippen molar-refractivity contribution in [2.24, 2.45) is 11.7 Å². The first-order valence-electron chi connectivity index (χ1n) is 5.69. The molecule has 1 aromatic heterocycles. The van der Waals surface area contributed by atoms with Crippen molar-refractivity contribution in [3.63, 3.8) is 0 Å². The van der Waals surface area contributed by atoms with Crippen molar-refractivity contribution in [1.29, 1.82) is 5.41 Å². The van der Waals surface area contributed by atoms with E-state index in [2.05, 4.69) is 10.3 Å². The summed E-state index contributed by atoms with van der Waals surface area (Å²) in [4.78, 5) is 26.1. The first-order chi connectivity index (χ1) is 8.32. The summed E-state index contributed by atoms with van der Waals surface area (Å²) in [7, 11) is 0. The normalized spacial score (nSPS) is 10.4. The zero-order chi connectivity index (χ0) is 13.9. The third-order valence-corrected chi connectivity index (χ3v) is 2.45. The van der Waals surface area contributed by atoms with Gasteiger partial charge in [0.2, 0.25) is 0 Å². The van der Waals surface area contributed by atoms with Crippen molar-refractivity contribution in [2.75, 3.05) is 0 Å². The van der Waals surface area contributed by atoms with Gasteiger partial charge in [0.1, 0.15) is 5.69 Å². The Hall–Kier alpha value is -2.11. The second-order valence-electron chi connectivity index (χ2n) is 4.58. The van der Waals surface area contributed by atoms with Crippen LogP contribution < -0.4 is 11.1 Å². The number of aromatic amines is 1. The number of amides is 1. The summed E-state index contributed by atoms with van der Waals surface area (Å²) in [5, 5.41) is 9.25. The van der Waals surface area contributed by atoms with Gasteiger partial charge in [0.25, 0.3) is 5.91 Å². The highest BCUT2D eigenvalue weighted by atomic mass is 16.2. The minimum atomic E-state index is -0.495. The van der Waals surface area contributed by atoms with Crippen LogP contribution in [-0.4, -0.2) is 22.6 Å². The van der Waals surface area contributed by atoms with Crippen LogP contribution in [0.3, 0.4) is 0 Å². The van der Waals surface area contributed by atoms with E-state index in [1.165, 1.54) is 13.1 Å². The number of guanidine groups is 1. The van der Waals surface area contributed by atoms with E-state index < -0.39 is 11.9 Å². The Bertz CT molecular complexity index is 488. The second-order valence-corrected chi connectivity index (χ2v) is 4.58. The van der Waals surface area contributed by atoms with Gasteiger partial charge in [0.15, 0.2) is 11.7 Å².